The lowest BCUT2D eigenvalue weighted by atomic mass is 10.1. The quantitative estimate of drug-likeness (QED) is 0.562. The molecule has 0 aromatic heterocycles. The summed E-state index contributed by atoms with van der Waals surface area (Å²) in [6.45, 7) is 0.813. The van der Waals surface area contributed by atoms with Gasteiger partial charge in [0.15, 0.2) is 0 Å². The highest BCUT2D eigenvalue weighted by Crippen LogP contribution is 2.36. The molecule has 3 aromatic carbocycles. The molecule has 1 aliphatic heterocycles. The van der Waals surface area contributed by atoms with E-state index < -0.39 is 10.0 Å². The topological polar surface area (TPSA) is 37.4 Å². The van der Waals surface area contributed by atoms with Crippen molar-refractivity contribution in [1.29, 1.82) is 0 Å². The van der Waals surface area contributed by atoms with E-state index in [9.17, 15) is 12.8 Å². The minimum absolute atomic E-state index is 0.0307. The molecule has 0 spiro atoms. The number of halogens is 1. The van der Waals surface area contributed by atoms with E-state index in [1.54, 1.807) is 36.0 Å². The largest absolute Gasteiger partial charge is 0.243 e. The van der Waals surface area contributed by atoms with E-state index in [0.717, 1.165) is 11.1 Å². The molecule has 3 nitrogen and oxygen atoms in total. The number of thioether (sulfide) groups is 1. The van der Waals surface area contributed by atoms with Gasteiger partial charge < -0.3 is 0 Å². The second-order valence-corrected chi connectivity index (χ2v) is 10.2. The molecule has 29 heavy (non-hydrogen) atoms. The van der Waals surface area contributed by atoms with E-state index >= 15 is 0 Å². The summed E-state index contributed by atoms with van der Waals surface area (Å²) in [6, 6.07) is 23.7. The molecule has 150 valence electrons. The highest BCUT2D eigenvalue weighted by molar-refractivity contribution is 7.99. The molecule has 0 saturated carbocycles. The minimum Gasteiger partial charge on any atom is -0.207 e. The maximum absolute atomic E-state index is 14.1. The van der Waals surface area contributed by atoms with Gasteiger partial charge in [0.05, 0.1) is 4.90 Å². The van der Waals surface area contributed by atoms with E-state index in [0.29, 0.717) is 35.7 Å². The first-order chi connectivity index (χ1) is 14.1. The van der Waals surface area contributed by atoms with Gasteiger partial charge in [0.1, 0.15) is 5.82 Å². The van der Waals surface area contributed by atoms with Crippen LogP contribution in [0.4, 0.5) is 4.39 Å². The Labute approximate surface area is 175 Å². The van der Waals surface area contributed by atoms with Crippen LogP contribution < -0.4 is 0 Å². The van der Waals surface area contributed by atoms with Crippen molar-refractivity contribution < 1.29 is 12.8 Å². The van der Waals surface area contributed by atoms with Crippen molar-refractivity contribution in [2.45, 2.75) is 16.6 Å². The van der Waals surface area contributed by atoms with Crippen LogP contribution in [0.3, 0.4) is 0 Å². The van der Waals surface area contributed by atoms with E-state index in [4.69, 9.17) is 0 Å². The van der Waals surface area contributed by atoms with Gasteiger partial charge in [-0.2, -0.15) is 16.1 Å². The van der Waals surface area contributed by atoms with Crippen LogP contribution in [0.25, 0.3) is 11.1 Å². The standard InChI is InChI=1S/C23H22FNO2S2/c24-22-9-5-4-8-21(22)23-14-15-25(16-17-28-23)29(26,27)20-12-10-19(11-13-20)18-6-2-1-3-7-18/h1-13,23H,14-17H2. The Morgan fingerprint density at radius 2 is 1.48 bits per heavy atom. The smallest absolute Gasteiger partial charge is 0.207 e. The lowest BCUT2D eigenvalue weighted by Gasteiger charge is -2.20. The Balaban J connectivity index is 1.51. The fourth-order valence-electron chi connectivity index (χ4n) is 3.57. The van der Waals surface area contributed by atoms with E-state index in [2.05, 4.69) is 0 Å². The van der Waals surface area contributed by atoms with Crippen molar-refractivity contribution in [3.05, 3.63) is 90.2 Å². The van der Waals surface area contributed by atoms with Crippen LogP contribution in [0.15, 0.2) is 83.8 Å². The molecule has 0 radical (unpaired) electrons. The average molecular weight is 428 g/mol. The summed E-state index contributed by atoms with van der Waals surface area (Å²) in [7, 11) is -3.57. The molecule has 0 amide bonds. The Kier molecular flexibility index (Phi) is 6.04. The summed E-state index contributed by atoms with van der Waals surface area (Å²) in [5.41, 5.74) is 2.69. The molecule has 3 aromatic rings. The molecular formula is C23H22FNO2S2. The minimum atomic E-state index is -3.57. The molecule has 0 N–H and O–H groups in total. The lowest BCUT2D eigenvalue weighted by molar-refractivity contribution is 0.427. The van der Waals surface area contributed by atoms with Gasteiger partial charge in [-0.1, -0.05) is 60.7 Å². The van der Waals surface area contributed by atoms with Gasteiger partial charge in [0, 0.05) is 29.7 Å². The van der Waals surface area contributed by atoms with Gasteiger partial charge in [0.25, 0.3) is 0 Å². The molecule has 1 saturated heterocycles. The SMILES string of the molecule is O=S(=O)(c1ccc(-c2ccccc2)cc1)N1CCSC(c2ccccc2F)CC1. The van der Waals surface area contributed by atoms with Crippen LogP contribution in [-0.2, 0) is 10.0 Å². The Morgan fingerprint density at radius 1 is 0.828 bits per heavy atom. The molecular weight excluding hydrogens is 405 g/mol. The predicted molar refractivity (Wildman–Crippen MR) is 117 cm³/mol. The van der Waals surface area contributed by atoms with E-state index in [1.165, 1.54) is 10.4 Å². The summed E-state index contributed by atoms with van der Waals surface area (Å²) < 4.78 is 41.9. The number of rotatable bonds is 4. The zero-order chi connectivity index (χ0) is 20.3. The highest BCUT2D eigenvalue weighted by Gasteiger charge is 2.29. The van der Waals surface area contributed by atoms with Crippen LogP contribution in [0.5, 0.6) is 0 Å². The van der Waals surface area contributed by atoms with Crippen LogP contribution >= 0.6 is 11.8 Å². The van der Waals surface area contributed by atoms with Crippen molar-refractivity contribution in [2.24, 2.45) is 0 Å². The Morgan fingerprint density at radius 3 is 2.21 bits per heavy atom. The fraction of sp³-hybridized carbons (Fsp3) is 0.217. The normalized spacial score (nSPS) is 18.3. The number of nitrogens with zero attached hydrogens (tertiary/aromatic N) is 1. The number of hydrogen-bond donors (Lipinski definition) is 0. The molecule has 1 atom stereocenters. The maximum Gasteiger partial charge on any atom is 0.243 e. The summed E-state index contributed by atoms with van der Waals surface area (Å²) in [4.78, 5) is 0.298. The average Bonchev–Trinajstić information content (AvgIpc) is 3.02. The molecule has 1 unspecified atom stereocenters. The second kappa shape index (κ2) is 8.69. The van der Waals surface area contributed by atoms with Crippen LogP contribution in [0, 0.1) is 5.82 Å². The highest BCUT2D eigenvalue weighted by atomic mass is 32.2. The number of sulfonamides is 1. The van der Waals surface area contributed by atoms with Crippen molar-refractivity contribution in [2.75, 3.05) is 18.8 Å². The first kappa shape index (κ1) is 20.1. The van der Waals surface area contributed by atoms with E-state index in [1.807, 2.05) is 48.5 Å². The van der Waals surface area contributed by atoms with Crippen molar-refractivity contribution in [3.63, 3.8) is 0 Å². The van der Waals surface area contributed by atoms with Crippen LogP contribution in [0.2, 0.25) is 0 Å². The zero-order valence-corrected chi connectivity index (χ0v) is 17.5. The lowest BCUT2D eigenvalue weighted by Crippen LogP contribution is -2.33. The van der Waals surface area contributed by atoms with Crippen molar-refractivity contribution in [1.82, 2.24) is 4.31 Å². The van der Waals surface area contributed by atoms with Crippen LogP contribution in [0.1, 0.15) is 17.2 Å². The van der Waals surface area contributed by atoms with Gasteiger partial charge >= 0.3 is 0 Å². The monoisotopic (exact) mass is 427 g/mol. The van der Waals surface area contributed by atoms with Crippen LogP contribution in [-0.4, -0.2) is 31.6 Å². The Bertz CT molecular complexity index is 1070. The zero-order valence-electron chi connectivity index (χ0n) is 15.9. The predicted octanol–water partition coefficient (Wildman–Crippen LogP) is 5.36. The van der Waals surface area contributed by atoms with E-state index in [-0.39, 0.29) is 11.1 Å². The number of benzene rings is 3. The maximum atomic E-state index is 14.1. The second-order valence-electron chi connectivity index (χ2n) is 6.96. The van der Waals surface area contributed by atoms with Gasteiger partial charge in [-0.25, -0.2) is 12.8 Å². The first-order valence-electron chi connectivity index (χ1n) is 9.57. The molecule has 1 fully saturated rings. The number of hydrogen-bond acceptors (Lipinski definition) is 3. The third kappa shape index (κ3) is 4.39. The summed E-state index contributed by atoms with van der Waals surface area (Å²) in [6.07, 6.45) is 0.590. The van der Waals surface area contributed by atoms with Gasteiger partial charge in [-0.15, -0.1) is 0 Å². The molecule has 0 bridgehead atoms. The third-order valence-electron chi connectivity index (χ3n) is 5.15. The molecule has 4 rings (SSSR count). The van der Waals surface area contributed by atoms with Gasteiger partial charge in [0.2, 0.25) is 10.0 Å². The molecule has 0 aliphatic carbocycles. The van der Waals surface area contributed by atoms with Crippen molar-refractivity contribution >= 4 is 21.8 Å². The first-order valence-corrected chi connectivity index (χ1v) is 12.1. The molecule has 1 heterocycles. The molecule has 6 heteroatoms. The summed E-state index contributed by atoms with van der Waals surface area (Å²) >= 11 is 1.62. The van der Waals surface area contributed by atoms with Gasteiger partial charge in [-0.3, -0.25) is 0 Å². The Hall–Kier alpha value is -2.15. The summed E-state index contributed by atoms with van der Waals surface area (Å²) in [5.74, 6) is 0.415. The fourth-order valence-corrected chi connectivity index (χ4v) is 6.40. The van der Waals surface area contributed by atoms with Crippen molar-refractivity contribution in [3.8, 4) is 11.1 Å². The molecule has 1 aliphatic rings. The summed E-state index contributed by atoms with van der Waals surface area (Å²) in [5, 5.41) is -0.0307. The third-order valence-corrected chi connectivity index (χ3v) is 8.37. The van der Waals surface area contributed by atoms with Gasteiger partial charge in [-0.05, 0) is 35.7 Å².